The lowest BCUT2D eigenvalue weighted by Gasteiger charge is -2.44. The molecule has 2 aliphatic rings. The first-order chi connectivity index (χ1) is 15.9. The lowest BCUT2D eigenvalue weighted by Crippen LogP contribution is -2.51. The van der Waals surface area contributed by atoms with E-state index in [0.717, 1.165) is 16.8 Å². The minimum atomic E-state index is -0.426. The van der Waals surface area contributed by atoms with Crippen LogP contribution in [-0.4, -0.2) is 36.2 Å². The molecule has 4 nitrogen and oxygen atoms in total. The van der Waals surface area contributed by atoms with Crippen molar-refractivity contribution >= 4 is 52.2 Å². The van der Waals surface area contributed by atoms with E-state index in [1.165, 1.54) is 0 Å². The molecule has 0 bridgehead atoms. The molecule has 3 aromatic carbocycles. The minimum Gasteiger partial charge on any atom is -0.360 e. The Hall–Kier alpha value is -2.53. The number of Topliss-reactive ketones (excluding diaryl/α,β-unsaturated/α-hetero) is 1. The van der Waals surface area contributed by atoms with Gasteiger partial charge >= 0.3 is 0 Å². The second kappa shape index (κ2) is 9.02. The average molecular weight is 500 g/mol. The van der Waals surface area contributed by atoms with Crippen LogP contribution in [-0.2, 0) is 4.79 Å². The third-order valence-electron chi connectivity index (χ3n) is 6.49. The van der Waals surface area contributed by atoms with Crippen LogP contribution >= 0.6 is 34.8 Å². The summed E-state index contributed by atoms with van der Waals surface area (Å²) in [6.07, 6.45) is 0.229. The summed E-state index contributed by atoms with van der Waals surface area (Å²) in [4.78, 5) is 30.1. The number of rotatable bonds is 3. The van der Waals surface area contributed by atoms with Gasteiger partial charge in [0.15, 0.2) is 5.78 Å². The third-order valence-corrected chi connectivity index (χ3v) is 7.28. The molecule has 5 rings (SSSR count). The predicted molar refractivity (Wildman–Crippen MR) is 133 cm³/mol. The van der Waals surface area contributed by atoms with Gasteiger partial charge in [0.2, 0.25) is 5.91 Å². The maximum atomic E-state index is 13.6. The predicted octanol–water partition coefficient (Wildman–Crippen LogP) is 6.41. The molecule has 2 atom stereocenters. The molecule has 0 saturated carbocycles. The highest BCUT2D eigenvalue weighted by molar-refractivity contribution is 6.36. The number of benzene rings is 3. The highest BCUT2D eigenvalue weighted by Crippen LogP contribution is 2.39. The topological polar surface area (TPSA) is 40.6 Å². The van der Waals surface area contributed by atoms with Gasteiger partial charge in [-0.05, 0) is 41.5 Å². The summed E-state index contributed by atoms with van der Waals surface area (Å²) < 4.78 is 0. The van der Waals surface area contributed by atoms with Crippen molar-refractivity contribution in [2.75, 3.05) is 24.5 Å². The van der Waals surface area contributed by atoms with Crippen LogP contribution in [0.1, 0.15) is 39.9 Å². The van der Waals surface area contributed by atoms with Gasteiger partial charge in [0.05, 0.1) is 22.7 Å². The Morgan fingerprint density at radius 1 is 0.879 bits per heavy atom. The molecule has 0 radical (unpaired) electrons. The van der Waals surface area contributed by atoms with Crippen molar-refractivity contribution < 1.29 is 9.59 Å². The Morgan fingerprint density at radius 3 is 2.36 bits per heavy atom. The van der Waals surface area contributed by atoms with Crippen LogP contribution in [0.5, 0.6) is 0 Å². The van der Waals surface area contributed by atoms with Crippen molar-refractivity contribution in [2.24, 2.45) is 0 Å². The minimum absolute atomic E-state index is 0.00545. The monoisotopic (exact) mass is 498 g/mol. The SMILES string of the molecule is O=C1CC(C(=O)N2CCN(c3ccc(Cl)cc3Cl)C(c3ccc(Cl)cc3)C2)c2ccccc21. The summed E-state index contributed by atoms with van der Waals surface area (Å²) in [5.41, 5.74) is 3.40. The van der Waals surface area contributed by atoms with Gasteiger partial charge in [-0.25, -0.2) is 0 Å². The highest BCUT2D eigenvalue weighted by atomic mass is 35.5. The van der Waals surface area contributed by atoms with Crippen LogP contribution in [0.25, 0.3) is 0 Å². The van der Waals surface area contributed by atoms with E-state index in [2.05, 4.69) is 4.90 Å². The fourth-order valence-electron chi connectivity index (χ4n) is 4.86. The van der Waals surface area contributed by atoms with Crippen LogP contribution in [0, 0.1) is 0 Å². The second-order valence-electron chi connectivity index (χ2n) is 8.41. The lowest BCUT2D eigenvalue weighted by molar-refractivity contribution is -0.133. The number of carbonyl (C=O) groups excluding carboxylic acids is 2. The van der Waals surface area contributed by atoms with Crippen molar-refractivity contribution in [2.45, 2.75) is 18.4 Å². The van der Waals surface area contributed by atoms with Crippen molar-refractivity contribution in [1.29, 1.82) is 0 Å². The molecule has 1 saturated heterocycles. The molecule has 0 N–H and O–H groups in total. The summed E-state index contributed by atoms with van der Waals surface area (Å²) in [5.74, 6) is -0.399. The van der Waals surface area contributed by atoms with E-state index in [1.54, 1.807) is 6.07 Å². The summed E-state index contributed by atoms with van der Waals surface area (Å²) in [6.45, 7) is 1.61. The third kappa shape index (κ3) is 4.23. The van der Waals surface area contributed by atoms with Crippen LogP contribution in [0.15, 0.2) is 66.7 Å². The van der Waals surface area contributed by atoms with Gasteiger partial charge in [0, 0.05) is 41.7 Å². The largest absolute Gasteiger partial charge is 0.360 e. The van der Waals surface area contributed by atoms with Gasteiger partial charge in [-0.2, -0.15) is 0 Å². The van der Waals surface area contributed by atoms with E-state index in [4.69, 9.17) is 34.8 Å². The summed E-state index contributed by atoms with van der Waals surface area (Å²) in [6, 6.07) is 20.4. The summed E-state index contributed by atoms with van der Waals surface area (Å²) in [7, 11) is 0. The van der Waals surface area contributed by atoms with Gasteiger partial charge in [0.25, 0.3) is 0 Å². The Bertz CT molecular complexity index is 1230. The van der Waals surface area contributed by atoms with Gasteiger partial charge in [-0.1, -0.05) is 71.2 Å². The van der Waals surface area contributed by atoms with Crippen LogP contribution in [0.2, 0.25) is 15.1 Å². The number of carbonyl (C=O) groups is 2. The number of piperazine rings is 1. The first-order valence-electron chi connectivity index (χ1n) is 10.8. The quantitative estimate of drug-likeness (QED) is 0.418. The van der Waals surface area contributed by atoms with E-state index < -0.39 is 5.92 Å². The Labute approximate surface area is 207 Å². The fourth-order valence-corrected chi connectivity index (χ4v) is 5.50. The van der Waals surface area contributed by atoms with Crippen LogP contribution in [0.4, 0.5) is 5.69 Å². The zero-order valence-corrected chi connectivity index (χ0v) is 19.9. The van der Waals surface area contributed by atoms with Crippen molar-refractivity contribution in [1.82, 2.24) is 4.90 Å². The Morgan fingerprint density at radius 2 is 1.61 bits per heavy atom. The first-order valence-corrected chi connectivity index (χ1v) is 11.9. The van der Waals surface area contributed by atoms with Crippen LogP contribution in [0.3, 0.4) is 0 Å². The Balaban J connectivity index is 1.46. The summed E-state index contributed by atoms with van der Waals surface area (Å²) in [5, 5.41) is 1.79. The zero-order chi connectivity index (χ0) is 23.1. The molecule has 1 fully saturated rings. The first kappa shape index (κ1) is 22.3. The number of hydrogen-bond donors (Lipinski definition) is 0. The molecule has 0 spiro atoms. The van der Waals surface area contributed by atoms with Crippen molar-refractivity contribution in [3.8, 4) is 0 Å². The number of halogens is 3. The van der Waals surface area contributed by atoms with Gasteiger partial charge in [0.1, 0.15) is 0 Å². The maximum Gasteiger partial charge on any atom is 0.230 e. The molecule has 1 amide bonds. The number of amides is 1. The standard InChI is InChI=1S/C26H21Cl3N2O2/c27-17-7-5-16(6-8-17)24-15-30(11-12-31(24)23-10-9-18(28)13-22(23)29)26(33)21-14-25(32)20-4-2-1-3-19(20)21/h1-10,13,21,24H,11-12,14-15H2. The molecule has 1 aliphatic carbocycles. The van der Waals surface area contributed by atoms with E-state index >= 15 is 0 Å². The molecule has 33 heavy (non-hydrogen) atoms. The lowest BCUT2D eigenvalue weighted by atomic mass is 9.97. The number of hydrogen-bond acceptors (Lipinski definition) is 3. The van der Waals surface area contributed by atoms with Crippen molar-refractivity contribution in [3.05, 3.63) is 98.5 Å². The van der Waals surface area contributed by atoms with Gasteiger partial charge in [-0.3, -0.25) is 9.59 Å². The van der Waals surface area contributed by atoms with E-state index in [-0.39, 0.29) is 24.2 Å². The number of ketones is 1. The number of fused-ring (bicyclic) bond motifs is 1. The van der Waals surface area contributed by atoms with Gasteiger partial charge < -0.3 is 9.80 Å². The smallest absolute Gasteiger partial charge is 0.230 e. The highest BCUT2D eigenvalue weighted by Gasteiger charge is 2.39. The van der Waals surface area contributed by atoms with Gasteiger partial charge in [-0.15, -0.1) is 0 Å². The second-order valence-corrected chi connectivity index (χ2v) is 9.69. The molecule has 7 heteroatoms. The van der Waals surface area contributed by atoms with E-state index in [1.807, 2.05) is 65.6 Å². The van der Waals surface area contributed by atoms with E-state index in [0.29, 0.717) is 40.3 Å². The molecule has 0 aromatic heterocycles. The number of nitrogens with zero attached hydrogens (tertiary/aromatic N) is 2. The zero-order valence-electron chi connectivity index (χ0n) is 17.7. The summed E-state index contributed by atoms with van der Waals surface area (Å²) >= 11 is 18.8. The number of anilines is 1. The molecule has 3 aromatic rings. The maximum absolute atomic E-state index is 13.6. The molecular weight excluding hydrogens is 479 g/mol. The molecule has 1 aliphatic heterocycles. The molecular formula is C26H21Cl3N2O2. The fraction of sp³-hybridized carbons (Fsp3) is 0.231. The Kier molecular flexibility index (Phi) is 6.09. The van der Waals surface area contributed by atoms with Crippen molar-refractivity contribution in [3.63, 3.8) is 0 Å². The normalized spacial score (nSPS) is 20.2. The molecule has 1 heterocycles. The van der Waals surface area contributed by atoms with Crippen LogP contribution < -0.4 is 4.90 Å². The average Bonchev–Trinajstić information content (AvgIpc) is 3.16. The molecule has 168 valence electrons. The molecule has 2 unspecified atom stereocenters. The van der Waals surface area contributed by atoms with E-state index in [9.17, 15) is 9.59 Å².